The molecule has 2 saturated heterocycles. The number of carboxylic acid groups (broad SMARTS) is 1. The predicted octanol–water partition coefficient (Wildman–Crippen LogP) is 2.21. The van der Waals surface area contributed by atoms with E-state index in [0.29, 0.717) is 19.6 Å². The maximum Gasteiger partial charge on any atom is 0.308 e. The summed E-state index contributed by atoms with van der Waals surface area (Å²) in [6.45, 7) is 3.78. The average molecular weight is 367 g/mol. The number of carbonyl (C=O) groups is 2. The smallest absolute Gasteiger partial charge is 0.308 e. The third-order valence-electron chi connectivity index (χ3n) is 4.70. The molecule has 2 heterocycles. The third kappa shape index (κ3) is 2.77. The van der Waals surface area contributed by atoms with Crippen LogP contribution in [0.25, 0.3) is 0 Å². The molecule has 0 spiro atoms. The van der Waals surface area contributed by atoms with Crippen LogP contribution in [0.1, 0.15) is 13.3 Å². The van der Waals surface area contributed by atoms with Gasteiger partial charge in [-0.15, -0.1) is 0 Å². The van der Waals surface area contributed by atoms with Gasteiger partial charge in [0.15, 0.2) is 0 Å². The van der Waals surface area contributed by atoms with E-state index in [9.17, 15) is 14.7 Å². The number of nitrogens with zero attached hydrogens (tertiary/aromatic N) is 2. The van der Waals surface area contributed by atoms with Gasteiger partial charge in [-0.05, 0) is 30.5 Å². The van der Waals surface area contributed by atoms with Gasteiger partial charge in [0.2, 0.25) is 5.91 Å². The van der Waals surface area contributed by atoms with Gasteiger partial charge >= 0.3 is 5.97 Å². The molecule has 2 aliphatic heterocycles. The molecule has 3 atom stereocenters. The number of carboxylic acids is 1. The van der Waals surface area contributed by atoms with Crippen LogP contribution in [0.4, 0.5) is 5.69 Å². The van der Waals surface area contributed by atoms with Gasteiger partial charge < -0.3 is 10.0 Å². The maximum absolute atomic E-state index is 12.7. The Balaban J connectivity index is 1.73. The summed E-state index contributed by atoms with van der Waals surface area (Å²) in [5.74, 6) is -0.960. The van der Waals surface area contributed by atoms with E-state index in [-0.39, 0.29) is 23.8 Å². The second-order valence-corrected chi connectivity index (χ2v) is 7.07. The van der Waals surface area contributed by atoms with Crippen LogP contribution in [-0.2, 0) is 9.59 Å². The number of carbonyl (C=O) groups excluding carboxylic acids is 1. The Labute approximate surface area is 138 Å². The van der Waals surface area contributed by atoms with Crippen LogP contribution in [0.2, 0.25) is 0 Å². The van der Waals surface area contributed by atoms with Gasteiger partial charge in [0.25, 0.3) is 0 Å². The number of amides is 1. The average Bonchev–Trinajstić information content (AvgIpc) is 3.02. The van der Waals surface area contributed by atoms with Crippen molar-refractivity contribution >= 4 is 33.5 Å². The van der Waals surface area contributed by atoms with Crippen LogP contribution in [0, 0.1) is 11.8 Å². The summed E-state index contributed by atoms with van der Waals surface area (Å²) in [6, 6.07) is 7.52. The normalized spacial score (nSPS) is 29.3. The van der Waals surface area contributed by atoms with E-state index >= 15 is 0 Å². The molecule has 3 rings (SSSR count). The molecule has 0 bridgehead atoms. The standard InChI is InChI=1S/C16H19BrN2O3/c1-10-8-18(9-13(10)16(21)22)14-5-6-19(15(14)20)12-4-2-3-11(17)7-12/h2-4,7,10,13-14H,5-6,8-9H2,1H3,(H,21,22)/t10-,13-,14?/m1/s1. The summed E-state index contributed by atoms with van der Waals surface area (Å²) in [7, 11) is 0. The van der Waals surface area contributed by atoms with Crippen molar-refractivity contribution in [2.24, 2.45) is 11.8 Å². The van der Waals surface area contributed by atoms with E-state index < -0.39 is 5.97 Å². The first-order valence-corrected chi connectivity index (χ1v) is 8.30. The van der Waals surface area contributed by atoms with E-state index in [1.165, 1.54) is 0 Å². The second-order valence-electron chi connectivity index (χ2n) is 6.15. The molecule has 1 N–H and O–H groups in total. The topological polar surface area (TPSA) is 60.9 Å². The zero-order valence-corrected chi connectivity index (χ0v) is 14.0. The summed E-state index contributed by atoms with van der Waals surface area (Å²) < 4.78 is 0.946. The largest absolute Gasteiger partial charge is 0.481 e. The maximum atomic E-state index is 12.7. The fourth-order valence-electron chi connectivity index (χ4n) is 3.48. The molecule has 0 radical (unpaired) electrons. The van der Waals surface area contributed by atoms with E-state index in [1.807, 2.05) is 36.1 Å². The van der Waals surface area contributed by atoms with Crippen molar-refractivity contribution in [1.29, 1.82) is 0 Å². The Morgan fingerprint density at radius 2 is 2.14 bits per heavy atom. The summed E-state index contributed by atoms with van der Waals surface area (Å²) in [6.07, 6.45) is 0.754. The number of likely N-dealkylation sites (tertiary alicyclic amines) is 1. The Bertz CT molecular complexity index is 607. The van der Waals surface area contributed by atoms with Crippen LogP contribution >= 0.6 is 15.9 Å². The molecule has 118 valence electrons. The number of benzene rings is 1. The van der Waals surface area contributed by atoms with Crippen molar-refractivity contribution in [1.82, 2.24) is 4.90 Å². The molecule has 0 saturated carbocycles. The fraction of sp³-hybridized carbons (Fsp3) is 0.500. The number of anilines is 1. The highest BCUT2D eigenvalue weighted by atomic mass is 79.9. The van der Waals surface area contributed by atoms with Crippen LogP contribution in [0.5, 0.6) is 0 Å². The lowest BCUT2D eigenvalue weighted by atomic mass is 9.99. The van der Waals surface area contributed by atoms with Crippen LogP contribution < -0.4 is 4.90 Å². The number of halogens is 1. The van der Waals surface area contributed by atoms with Crippen LogP contribution in [0.3, 0.4) is 0 Å². The molecule has 2 aliphatic rings. The Morgan fingerprint density at radius 1 is 1.36 bits per heavy atom. The third-order valence-corrected chi connectivity index (χ3v) is 5.19. The van der Waals surface area contributed by atoms with Crippen molar-refractivity contribution in [2.75, 3.05) is 24.5 Å². The molecule has 1 aromatic carbocycles. The van der Waals surface area contributed by atoms with Gasteiger partial charge in [0.1, 0.15) is 0 Å². The molecule has 2 fully saturated rings. The summed E-state index contributed by atoms with van der Waals surface area (Å²) >= 11 is 3.43. The van der Waals surface area contributed by atoms with Crippen molar-refractivity contribution in [3.8, 4) is 0 Å². The second kappa shape index (κ2) is 6.01. The minimum atomic E-state index is -0.760. The lowest BCUT2D eigenvalue weighted by molar-refractivity contribution is -0.142. The SMILES string of the molecule is C[C@@H]1CN(C2CCN(c3cccc(Br)c3)C2=O)C[C@H]1C(=O)O. The van der Waals surface area contributed by atoms with Gasteiger partial charge in [-0.25, -0.2) is 0 Å². The first-order chi connectivity index (χ1) is 10.5. The molecule has 0 aromatic heterocycles. The number of rotatable bonds is 3. The van der Waals surface area contributed by atoms with Crippen molar-refractivity contribution in [3.63, 3.8) is 0 Å². The lowest BCUT2D eigenvalue weighted by Crippen LogP contribution is -2.41. The summed E-state index contributed by atoms with van der Waals surface area (Å²) in [4.78, 5) is 27.8. The zero-order valence-electron chi connectivity index (χ0n) is 12.4. The molecule has 1 aromatic rings. The molecule has 22 heavy (non-hydrogen) atoms. The van der Waals surface area contributed by atoms with Crippen molar-refractivity contribution in [2.45, 2.75) is 19.4 Å². The number of hydrogen-bond acceptors (Lipinski definition) is 3. The van der Waals surface area contributed by atoms with Gasteiger partial charge in [0.05, 0.1) is 12.0 Å². The number of hydrogen-bond donors (Lipinski definition) is 1. The molecule has 0 aliphatic carbocycles. The van der Waals surface area contributed by atoms with E-state index in [1.54, 1.807) is 4.90 Å². The first-order valence-electron chi connectivity index (χ1n) is 7.51. The Hall–Kier alpha value is -1.40. The minimum absolute atomic E-state index is 0.0799. The monoisotopic (exact) mass is 366 g/mol. The van der Waals surface area contributed by atoms with Crippen molar-refractivity contribution in [3.05, 3.63) is 28.7 Å². The van der Waals surface area contributed by atoms with E-state index in [4.69, 9.17) is 0 Å². The lowest BCUT2D eigenvalue weighted by Gasteiger charge is -2.23. The van der Waals surface area contributed by atoms with Gasteiger partial charge in [0, 0.05) is 29.8 Å². The Morgan fingerprint density at radius 3 is 2.77 bits per heavy atom. The van der Waals surface area contributed by atoms with E-state index in [0.717, 1.165) is 16.6 Å². The van der Waals surface area contributed by atoms with Gasteiger partial charge in [-0.1, -0.05) is 28.9 Å². The molecular formula is C16H19BrN2O3. The highest BCUT2D eigenvalue weighted by Crippen LogP contribution is 2.31. The van der Waals surface area contributed by atoms with Crippen LogP contribution in [0.15, 0.2) is 28.7 Å². The minimum Gasteiger partial charge on any atom is -0.481 e. The molecule has 1 amide bonds. The number of aliphatic carboxylic acids is 1. The van der Waals surface area contributed by atoms with Gasteiger partial charge in [-0.2, -0.15) is 0 Å². The summed E-state index contributed by atoms with van der Waals surface area (Å²) in [5.41, 5.74) is 0.893. The van der Waals surface area contributed by atoms with Crippen molar-refractivity contribution < 1.29 is 14.7 Å². The first kappa shape index (κ1) is 15.5. The Kier molecular flexibility index (Phi) is 4.23. The predicted molar refractivity (Wildman–Crippen MR) is 86.8 cm³/mol. The zero-order chi connectivity index (χ0) is 15.9. The highest BCUT2D eigenvalue weighted by molar-refractivity contribution is 9.10. The fourth-order valence-corrected chi connectivity index (χ4v) is 3.87. The summed E-state index contributed by atoms with van der Waals surface area (Å²) in [5, 5.41) is 9.24. The molecule has 5 nitrogen and oxygen atoms in total. The van der Waals surface area contributed by atoms with E-state index in [2.05, 4.69) is 15.9 Å². The van der Waals surface area contributed by atoms with Gasteiger partial charge in [-0.3, -0.25) is 14.5 Å². The molecule has 1 unspecified atom stereocenters. The quantitative estimate of drug-likeness (QED) is 0.890. The molecule has 6 heteroatoms. The highest BCUT2D eigenvalue weighted by Gasteiger charge is 2.43. The van der Waals surface area contributed by atoms with Crippen LogP contribution in [-0.4, -0.2) is 47.6 Å². The molecular weight excluding hydrogens is 348 g/mol.